The van der Waals surface area contributed by atoms with Gasteiger partial charge in [-0.15, -0.1) is 12.4 Å². The van der Waals surface area contributed by atoms with Gasteiger partial charge in [0.15, 0.2) is 0 Å². The van der Waals surface area contributed by atoms with E-state index in [1.165, 1.54) is 12.1 Å². The van der Waals surface area contributed by atoms with Crippen molar-refractivity contribution in [1.82, 2.24) is 4.90 Å². The van der Waals surface area contributed by atoms with E-state index in [0.717, 1.165) is 28.9 Å². The number of benzene rings is 3. The van der Waals surface area contributed by atoms with Gasteiger partial charge in [0.2, 0.25) is 5.91 Å². The molecule has 0 aromatic heterocycles. The molecule has 0 atom stereocenters. The van der Waals surface area contributed by atoms with Crippen LogP contribution in [0.15, 0.2) is 66.7 Å². The van der Waals surface area contributed by atoms with Crippen molar-refractivity contribution in [2.24, 2.45) is 0 Å². The second-order valence-corrected chi connectivity index (χ2v) is 9.14. The molecule has 5 rings (SSSR count). The van der Waals surface area contributed by atoms with Crippen molar-refractivity contribution in [3.8, 4) is 0 Å². The number of carboxylic acids is 1. The van der Waals surface area contributed by atoms with Crippen LogP contribution in [0.4, 0.5) is 17.1 Å². The van der Waals surface area contributed by atoms with Gasteiger partial charge in [0.1, 0.15) is 0 Å². The third-order valence-corrected chi connectivity index (χ3v) is 6.32. The Bertz CT molecular complexity index is 1420. The zero-order chi connectivity index (χ0) is 25.4. The summed E-state index contributed by atoms with van der Waals surface area (Å²) in [5.41, 5.74) is 5.86. The molecule has 9 heteroatoms. The molecule has 0 spiro atoms. The van der Waals surface area contributed by atoms with Crippen LogP contribution in [0.5, 0.6) is 0 Å². The van der Waals surface area contributed by atoms with Gasteiger partial charge in [-0.3, -0.25) is 9.59 Å². The third kappa shape index (κ3) is 5.07. The van der Waals surface area contributed by atoms with Gasteiger partial charge in [-0.05, 0) is 62.0 Å². The minimum absolute atomic E-state index is 0. The summed E-state index contributed by atoms with van der Waals surface area (Å²) in [4.78, 5) is 40.8. The molecule has 3 aromatic rings. The van der Waals surface area contributed by atoms with Crippen LogP contribution in [0.1, 0.15) is 27.0 Å². The minimum atomic E-state index is -1.05. The van der Waals surface area contributed by atoms with Crippen molar-refractivity contribution in [3.63, 3.8) is 0 Å². The standard InChI is InChI=1S/C28H26N4O4.ClH/c1-31(2)16-24(33)32-13-12-18-14-20(9-11-23(18)32)29-26(17-6-4-3-5-7-17)25-21-10-8-19(28(35)36)15-22(21)30-27(25)34;/h3-11,14-15,29H,12-13,16H2,1-2H3,(H,30,34)(H,35,36);1H/b26-25-;. The molecule has 3 N–H and O–H groups in total. The fourth-order valence-corrected chi connectivity index (χ4v) is 4.68. The molecule has 0 aliphatic carbocycles. The highest BCUT2D eigenvalue weighted by molar-refractivity contribution is 6.37. The van der Waals surface area contributed by atoms with Gasteiger partial charge in [0.25, 0.3) is 5.91 Å². The molecule has 3 aromatic carbocycles. The SMILES string of the molecule is CN(C)CC(=O)N1CCc2cc(N/C(=C3\C(=O)Nc4cc(C(=O)O)ccc43)c3ccccc3)ccc21.Cl. The van der Waals surface area contributed by atoms with E-state index in [2.05, 4.69) is 10.6 Å². The monoisotopic (exact) mass is 518 g/mol. The summed E-state index contributed by atoms with van der Waals surface area (Å²) in [6.45, 7) is 0.988. The largest absolute Gasteiger partial charge is 0.478 e. The molecule has 2 aliphatic heterocycles. The van der Waals surface area contributed by atoms with E-state index in [-0.39, 0.29) is 29.8 Å². The molecule has 37 heavy (non-hydrogen) atoms. The lowest BCUT2D eigenvalue weighted by atomic mass is 9.99. The summed E-state index contributed by atoms with van der Waals surface area (Å²) in [5, 5.41) is 15.6. The van der Waals surface area contributed by atoms with Gasteiger partial charge >= 0.3 is 5.97 Å². The van der Waals surface area contributed by atoms with Crippen LogP contribution in [0.25, 0.3) is 11.3 Å². The van der Waals surface area contributed by atoms with E-state index in [0.29, 0.717) is 35.6 Å². The number of likely N-dealkylation sites (N-methyl/N-ethyl adjacent to an activating group) is 1. The molecule has 2 aliphatic rings. The average molecular weight is 519 g/mol. The number of nitrogens with one attached hydrogen (secondary N) is 2. The van der Waals surface area contributed by atoms with Gasteiger partial charge < -0.3 is 25.5 Å². The number of carboxylic acid groups (broad SMARTS) is 1. The Morgan fingerprint density at radius 3 is 2.49 bits per heavy atom. The molecule has 190 valence electrons. The van der Waals surface area contributed by atoms with Crippen LogP contribution in [0.2, 0.25) is 0 Å². The Morgan fingerprint density at radius 2 is 1.78 bits per heavy atom. The molecule has 0 saturated carbocycles. The highest BCUT2D eigenvalue weighted by Crippen LogP contribution is 2.39. The van der Waals surface area contributed by atoms with E-state index >= 15 is 0 Å². The van der Waals surface area contributed by atoms with E-state index < -0.39 is 5.97 Å². The molecule has 2 heterocycles. The van der Waals surface area contributed by atoms with Crippen LogP contribution >= 0.6 is 12.4 Å². The summed E-state index contributed by atoms with van der Waals surface area (Å²) in [7, 11) is 3.75. The lowest BCUT2D eigenvalue weighted by molar-refractivity contribution is -0.119. The maximum Gasteiger partial charge on any atom is 0.335 e. The van der Waals surface area contributed by atoms with Crippen molar-refractivity contribution >= 4 is 58.5 Å². The number of rotatable bonds is 6. The Balaban J connectivity index is 0.00000320. The quantitative estimate of drug-likeness (QED) is 0.423. The molecule has 0 bridgehead atoms. The van der Waals surface area contributed by atoms with Crippen LogP contribution in [-0.2, 0) is 16.0 Å². The predicted molar refractivity (Wildman–Crippen MR) is 147 cm³/mol. The summed E-state index contributed by atoms with van der Waals surface area (Å²) in [6, 6.07) is 20.0. The van der Waals surface area contributed by atoms with Crippen molar-refractivity contribution in [2.45, 2.75) is 6.42 Å². The van der Waals surface area contributed by atoms with Crippen LogP contribution < -0.4 is 15.5 Å². The molecule has 0 radical (unpaired) electrons. The van der Waals surface area contributed by atoms with Gasteiger partial charge in [0, 0.05) is 23.5 Å². The number of aromatic carboxylic acids is 1. The van der Waals surface area contributed by atoms with Gasteiger partial charge in [-0.25, -0.2) is 4.79 Å². The third-order valence-electron chi connectivity index (χ3n) is 6.32. The first-order valence-electron chi connectivity index (χ1n) is 11.7. The summed E-state index contributed by atoms with van der Waals surface area (Å²) in [5.74, 6) is -1.30. The Kier molecular flexibility index (Phi) is 7.33. The molecule has 0 fully saturated rings. The second kappa shape index (κ2) is 10.5. The highest BCUT2D eigenvalue weighted by Gasteiger charge is 2.30. The molecule has 0 unspecified atom stereocenters. The number of halogens is 1. The maximum atomic E-state index is 13.1. The van der Waals surface area contributed by atoms with Crippen LogP contribution in [-0.4, -0.2) is 55.0 Å². The maximum absolute atomic E-state index is 13.1. The molecule has 2 amide bonds. The average Bonchev–Trinajstić information content (AvgIpc) is 3.42. The fraction of sp³-hybridized carbons (Fsp3) is 0.179. The van der Waals surface area contributed by atoms with Crippen molar-refractivity contribution in [1.29, 1.82) is 0 Å². The Morgan fingerprint density at radius 1 is 1.03 bits per heavy atom. The lowest BCUT2D eigenvalue weighted by Gasteiger charge is -2.20. The van der Waals surface area contributed by atoms with E-state index in [4.69, 9.17) is 0 Å². The van der Waals surface area contributed by atoms with Gasteiger partial charge in [-0.1, -0.05) is 36.4 Å². The molecular formula is C28H27ClN4O4. The molecule has 8 nitrogen and oxygen atoms in total. The van der Waals surface area contributed by atoms with E-state index in [1.54, 1.807) is 6.07 Å². The molecular weight excluding hydrogens is 492 g/mol. The first kappa shape index (κ1) is 25.9. The number of hydrogen-bond donors (Lipinski definition) is 3. The number of anilines is 3. The number of amides is 2. The minimum Gasteiger partial charge on any atom is -0.478 e. The highest BCUT2D eigenvalue weighted by atomic mass is 35.5. The summed E-state index contributed by atoms with van der Waals surface area (Å²) in [6.07, 6.45) is 0.753. The first-order chi connectivity index (χ1) is 17.3. The first-order valence-corrected chi connectivity index (χ1v) is 11.7. The normalized spacial score (nSPS) is 15.0. The Hall–Kier alpha value is -4.14. The topological polar surface area (TPSA) is 102 Å². The summed E-state index contributed by atoms with van der Waals surface area (Å²) < 4.78 is 0. The number of carbonyl (C=O) groups excluding carboxylic acids is 2. The second-order valence-electron chi connectivity index (χ2n) is 9.14. The fourth-order valence-electron chi connectivity index (χ4n) is 4.68. The number of hydrogen-bond acceptors (Lipinski definition) is 5. The van der Waals surface area contributed by atoms with Crippen molar-refractivity contribution in [3.05, 3.63) is 89.0 Å². The summed E-state index contributed by atoms with van der Waals surface area (Å²) >= 11 is 0. The number of nitrogens with zero attached hydrogens (tertiary/aromatic N) is 2. The van der Waals surface area contributed by atoms with Crippen LogP contribution in [0, 0.1) is 0 Å². The van der Waals surface area contributed by atoms with E-state index in [9.17, 15) is 19.5 Å². The molecule has 0 saturated heterocycles. The predicted octanol–water partition coefficient (Wildman–Crippen LogP) is 4.19. The lowest BCUT2D eigenvalue weighted by Crippen LogP contribution is -2.36. The van der Waals surface area contributed by atoms with Gasteiger partial charge in [0.05, 0.1) is 29.1 Å². The zero-order valence-corrected chi connectivity index (χ0v) is 21.3. The van der Waals surface area contributed by atoms with Crippen LogP contribution in [0.3, 0.4) is 0 Å². The smallest absolute Gasteiger partial charge is 0.335 e. The van der Waals surface area contributed by atoms with E-state index in [1.807, 2.05) is 72.4 Å². The van der Waals surface area contributed by atoms with Crippen molar-refractivity contribution < 1.29 is 19.5 Å². The van der Waals surface area contributed by atoms with Crippen molar-refractivity contribution in [2.75, 3.05) is 42.7 Å². The number of carbonyl (C=O) groups is 3. The Labute approximate surface area is 221 Å². The zero-order valence-electron chi connectivity index (χ0n) is 20.4. The van der Waals surface area contributed by atoms with Gasteiger partial charge in [-0.2, -0.15) is 0 Å². The number of fused-ring (bicyclic) bond motifs is 2.